The molecule has 29 heavy (non-hydrogen) atoms. The summed E-state index contributed by atoms with van der Waals surface area (Å²) in [7, 11) is -3.63. The van der Waals surface area contributed by atoms with Gasteiger partial charge in [-0.1, -0.05) is 30.3 Å². The minimum absolute atomic E-state index is 0.0328. The molecule has 0 aliphatic rings. The lowest BCUT2D eigenvalue weighted by Gasteiger charge is -2.15. The molecular formula is C21H20FNO5S. The van der Waals surface area contributed by atoms with Gasteiger partial charge in [0.25, 0.3) is 5.91 Å². The molecular weight excluding hydrogens is 397 g/mol. The molecule has 1 unspecified atom stereocenters. The van der Waals surface area contributed by atoms with Crippen LogP contribution >= 0.6 is 0 Å². The fourth-order valence-corrected chi connectivity index (χ4v) is 4.05. The second-order valence-corrected chi connectivity index (χ2v) is 8.45. The zero-order chi connectivity index (χ0) is 20.9. The number of benzene rings is 2. The van der Waals surface area contributed by atoms with Gasteiger partial charge < -0.3 is 14.5 Å². The molecule has 0 saturated heterocycles. The van der Waals surface area contributed by atoms with E-state index >= 15 is 0 Å². The van der Waals surface area contributed by atoms with E-state index in [1.165, 1.54) is 36.6 Å². The van der Waals surface area contributed by atoms with Crippen molar-refractivity contribution in [1.82, 2.24) is 5.32 Å². The number of ether oxygens (including phenoxy) is 1. The molecule has 1 N–H and O–H groups in total. The van der Waals surface area contributed by atoms with E-state index in [1.54, 1.807) is 37.3 Å². The van der Waals surface area contributed by atoms with Crippen molar-refractivity contribution in [2.75, 3.05) is 6.61 Å². The maximum Gasteiger partial charge on any atom is 0.287 e. The molecule has 3 rings (SSSR count). The Morgan fingerprint density at radius 1 is 1.10 bits per heavy atom. The quantitative estimate of drug-likeness (QED) is 0.605. The molecule has 1 heterocycles. The molecule has 0 saturated carbocycles. The van der Waals surface area contributed by atoms with Crippen molar-refractivity contribution >= 4 is 15.7 Å². The van der Waals surface area contributed by atoms with Crippen LogP contribution in [0.5, 0.6) is 5.75 Å². The van der Waals surface area contributed by atoms with Crippen molar-refractivity contribution in [1.29, 1.82) is 0 Å². The molecule has 3 aromatic rings. The molecule has 1 atom stereocenters. The van der Waals surface area contributed by atoms with E-state index in [9.17, 15) is 17.6 Å². The van der Waals surface area contributed by atoms with Crippen molar-refractivity contribution in [3.63, 3.8) is 0 Å². The van der Waals surface area contributed by atoms with Crippen LogP contribution in [0, 0.1) is 5.82 Å². The van der Waals surface area contributed by atoms with Crippen LogP contribution in [-0.4, -0.2) is 27.0 Å². The van der Waals surface area contributed by atoms with Gasteiger partial charge in [0.1, 0.15) is 6.61 Å². The summed E-state index contributed by atoms with van der Waals surface area (Å²) in [6, 6.07) is 14.9. The van der Waals surface area contributed by atoms with Crippen molar-refractivity contribution in [3.05, 3.63) is 84.1 Å². The number of nitrogens with one attached hydrogen (secondary N) is 1. The van der Waals surface area contributed by atoms with Gasteiger partial charge in [0.15, 0.2) is 27.2 Å². The number of para-hydroxylation sites is 1. The number of hydrogen-bond donors (Lipinski definition) is 1. The molecule has 0 aliphatic carbocycles. The van der Waals surface area contributed by atoms with Crippen LogP contribution in [0.1, 0.15) is 23.0 Å². The molecule has 6 nitrogen and oxygen atoms in total. The Bertz CT molecular complexity index is 1080. The lowest BCUT2D eigenvalue weighted by atomic mass is 10.2. The van der Waals surface area contributed by atoms with Gasteiger partial charge in [-0.2, -0.15) is 0 Å². The molecule has 0 aliphatic heterocycles. The highest BCUT2D eigenvalue weighted by molar-refractivity contribution is 7.90. The molecule has 8 heteroatoms. The van der Waals surface area contributed by atoms with Crippen molar-refractivity contribution in [2.24, 2.45) is 0 Å². The first-order chi connectivity index (χ1) is 13.9. The summed E-state index contributed by atoms with van der Waals surface area (Å²) in [5, 5.41) is 2.66. The van der Waals surface area contributed by atoms with E-state index in [4.69, 9.17) is 9.15 Å². The topological polar surface area (TPSA) is 85.6 Å². The van der Waals surface area contributed by atoms with Crippen molar-refractivity contribution < 1.29 is 26.8 Å². The van der Waals surface area contributed by atoms with Gasteiger partial charge >= 0.3 is 0 Å². The van der Waals surface area contributed by atoms with Gasteiger partial charge in [0.2, 0.25) is 0 Å². The van der Waals surface area contributed by atoms with Gasteiger partial charge in [0.05, 0.1) is 23.0 Å². The number of carbonyl (C=O) groups is 1. The van der Waals surface area contributed by atoms with Gasteiger partial charge in [-0.05, 0) is 37.3 Å². The summed E-state index contributed by atoms with van der Waals surface area (Å²) in [4.78, 5) is 12.7. The van der Waals surface area contributed by atoms with E-state index in [0.717, 1.165) is 0 Å². The van der Waals surface area contributed by atoms with Crippen LogP contribution < -0.4 is 10.1 Å². The summed E-state index contributed by atoms with van der Waals surface area (Å²) >= 11 is 0. The average Bonchev–Trinajstić information content (AvgIpc) is 3.15. The molecule has 0 radical (unpaired) electrons. The largest absolute Gasteiger partial charge is 0.488 e. The number of halogens is 1. The lowest BCUT2D eigenvalue weighted by molar-refractivity contribution is 0.0897. The highest BCUT2D eigenvalue weighted by Gasteiger charge is 2.23. The SMILES string of the molecule is CC(COc1ccccc1F)NC(=O)c1occc1CS(=O)(=O)c1ccccc1. The van der Waals surface area contributed by atoms with E-state index in [1.807, 2.05) is 0 Å². The number of sulfone groups is 1. The summed E-state index contributed by atoms with van der Waals surface area (Å²) in [5.41, 5.74) is 0.258. The third-order valence-corrected chi connectivity index (χ3v) is 5.79. The molecule has 152 valence electrons. The van der Waals surface area contributed by atoms with Gasteiger partial charge in [-0.3, -0.25) is 4.79 Å². The van der Waals surface area contributed by atoms with E-state index in [2.05, 4.69) is 5.32 Å². The second kappa shape index (κ2) is 8.91. The van der Waals surface area contributed by atoms with Gasteiger partial charge in [-0.15, -0.1) is 0 Å². The Morgan fingerprint density at radius 3 is 2.52 bits per heavy atom. The normalized spacial score (nSPS) is 12.3. The smallest absolute Gasteiger partial charge is 0.287 e. The average molecular weight is 417 g/mol. The maximum atomic E-state index is 13.6. The van der Waals surface area contributed by atoms with Crippen LogP contribution in [0.4, 0.5) is 4.39 Å². The van der Waals surface area contributed by atoms with Crippen molar-refractivity contribution in [3.8, 4) is 5.75 Å². The second-order valence-electron chi connectivity index (χ2n) is 6.46. The molecule has 0 spiro atoms. The van der Waals surface area contributed by atoms with Gasteiger partial charge in [-0.25, -0.2) is 12.8 Å². The van der Waals surface area contributed by atoms with E-state index in [-0.39, 0.29) is 34.3 Å². The number of furan rings is 1. The Hall–Kier alpha value is -3.13. The number of rotatable bonds is 8. The number of amides is 1. The van der Waals surface area contributed by atoms with Gasteiger partial charge in [0, 0.05) is 5.56 Å². The number of hydrogen-bond acceptors (Lipinski definition) is 5. The Labute approximate surface area is 168 Å². The zero-order valence-electron chi connectivity index (χ0n) is 15.7. The minimum atomic E-state index is -3.63. The Kier molecular flexibility index (Phi) is 6.33. The molecule has 0 fully saturated rings. The van der Waals surface area contributed by atoms with Crippen LogP contribution in [0.2, 0.25) is 0 Å². The summed E-state index contributed by atoms with van der Waals surface area (Å²) in [5.74, 6) is -1.43. The zero-order valence-corrected chi connectivity index (χ0v) is 16.5. The first-order valence-electron chi connectivity index (χ1n) is 8.89. The Morgan fingerprint density at radius 2 is 1.79 bits per heavy atom. The predicted octanol–water partition coefficient (Wildman–Crippen LogP) is 3.59. The molecule has 1 amide bonds. The predicted molar refractivity (Wildman–Crippen MR) is 105 cm³/mol. The first-order valence-corrected chi connectivity index (χ1v) is 10.5. The third-order valence-electron chi connectivity index (χ3n) is 4.10. The van der Waals surface area contributed by atoms with E-state index in [0.29, 0.717) is 0 Å². The fraction of sp³-hybridized carbons (Fsp3) is 0.190. The van der Waals surface area contributed by atoms with Crippen LogP contribution in [0.25, 0.3) is 0 Å². The molecule has 2 aromatic carbocycles. The lowest BCUT2D eigenvalue weighted by Crippen LogP contribution is -2.37. The summed E-state index contributed by atoms with van der Waals surface area (Å²) in [6.45, 7) is 1.72. The van der Waals surface area contributed by atoms with E-state index < -0.39 is 27.6 Å². The van der Waals surface area contributed by atoms with Crippen LogP contribution in [0.3, 0.4) is 0 Å². The van der Waals surface area contributed by atoms with Crippen LogP contribution in [0.15, 0.2) is 76.2 Å². The molecule has 0 bridgehead atoms. The summed E-state index contributed by atoms with van der Waals surface area (Å²) < 4.78 is 49.3. The van der Waals surface area contributed by atoms with Crippen LogP contribution in [-0.2, 0) is 15.6 Å². The first kappa shape index (κ1) is 20.6. The Balaban J connectivity index is 1.64. The highest BCUT2D eigenvalue weighted by Crippen LogP contribution is 2.20. The maximum absolute atomic E-state index is 13.6. The third kappa shape index (κ3) is 5.23. The van der Waals surface area contributed by atoms with Crippen molar-refractivity contribution in [2.45, 2.75) is 23.6 Å². The fourth-order valence-electron chi connectivity index (χ4n) is 2.67. The minimum Gasteiger partial charge on any atom is -0.488 e. The number of carbonyl (C=O) groups excluding carboxylic acids is 1. The monoisotopic (exact) mass is 417 g/mol. The standard InChI is InChI=1S/C21H20FNO5S/c1-15(13-28-19-10-6-5-9-18(19)22)23-21(24)20-16(11-12-27-20)14-29(25,26)17-7-3-2-4-8-17/h2-12,15H,13-14H2,1H3,(H,23,24). The summed E-state index contributed by atoms with van der Waals surface area (Å²) in [6.07, 6.45) is 1.27. The highest BCUT2D eigenvalue weighted by atomic mass is 32.2. The molecule has 1 aromatic heterocycles.